The van der Waals surface area contributed by atoms with Gasteiger partial charge in [-0.3, -0.25) is 4.79 Å². The average molecular weight is 464 g/mol. The van der Waals surface area contributed by atoms with Crippen molar-refractivity contribution in [3.63, 3.8) is 0 Å². The van der Waals surface area contributed by atoms with E-state index in [0.29, 0.717) is 53.7 Å². The van der Waals surface area contributed by atoms with E-state index in [1.807, 2.05) is 27.7 Å². The lowest BCUT2D eigenvalue weighted by Gasteiger charge is -2.23. The van der Waals surface area contributed by atoms with Crippen LogP contribution < -0.4 is 19.5 Å². The summed E-state index contributed by atoms with van der Waals surface area (Å²) in [4.78, 5) is 12.6. The topological polar surface area (TPSA) is 95.7 Å². The van der Waals surface area contributed by atoms with Crippen molar-refractivity contribution in [2.75, 3.05) is 19.8 Å². The lowest BCUT2D eigenvalue weighted by Crippen LogP contribution is -2.40. The van der Waals surface area contributed by atoms with Crippen LogP contribution in [-0.2, 0) is 4.79 Å². The van der Waals surface area contributed by atoms with Gasteiger partial charge >= 0.3 is 0 Å². The summed E-state index contributed by atoms with van der Waals surface area (Å²) in [7, 11) is 0. The fourth-order valence-electron chi connectivity index (χ4n) is 3.66. The Morgan fingerprint density at radius 1 is 1.06 bits per heavy atom. The van der Waals surface area contributed by atoms with Gasteiger partial charge in [-0.25, -0.2) is 0 Å². The van der Waals surface area contributed by atoms with E-state index in [-0.39, 0.29) is 17.2 Å². The van der Waals surface area contributed by atoms with Gasteiger partial charge in [0.05, 0.1) is 25.1 Å². The fraction of sp³-hybridized carbons (Fsp3) is 0.609. The number of carbonyl (C=O) groups excluding carboxylic acids is 1. The number of thioether (sulfide) groups is 1. The molecule has 1 aliphatic carbocycles. The summed E-state index contributed by atoms with van der Waals surface area (Å²) in [5.74, 6) is 2.00. The number of nitrogens with zero attached hydrogens (tertiary/aromatic N) is 2. The highest BCUT2D eigenvalue weighted by Crippen LogP contribution is 2.42. The van der Waals surface area contributed by atoms with E-state index in [1.54, 1.807) is 12.1 Å². The van der Waals surface area contributed by atoms with Gasteiger partial charge in [-0.2, -0.15) is 0 Å². The molecule has 1 fully saturated rings. The second-order valence-corrected chi connectivity index (χ2v) is 8.87. The van der Waals surface area contributed by atoms with Gasteiger partial charge in [-0.1, -0.05) is 31.0 Å². The second-order valence-electron chi connectivity index (χ2n) is 7.58. The minimum absolute atomic E-state index is 0.0000172. The van der Waals surface area contributed by atoms with Crippen molar-refractivity contribution < 1.29 is 23.4 Å². The molecule has 1 aliphatic rings. The van der Waals surface area contributed by atoms with E-state index in [0.717, 1.165) is 12.8 Å². The minimum atomic E-state index is -0.330. The maximum absolute atomic E-state index is 12.6. The fourth-order valence-corrected chi connectivity index (χ4v) is 4.35. The molecule has 0 bridgehead atoms. The minimum Gasteiger partial charge on any atom is -0.490 e. The number of rotatable bonds is 11. The summed E-state index contributed by atoms with van der Waals surface area (Å²) >= 11 is 1.26. The smallest absolute Gasteiger partial charge is 0.277 e. The van der Waals surface area contributed by atoms with Crippen LogP contribution in [0.15, 0.2) is 21.8 Å². The predicted octanol–water partition coefficient (Wildman–Crippen LogP) is 4.86. The van der Waals surface area contributed by atoms with Crippen LogP contribution >= 0.6 is 11.8 Å². The summed E-state index contributed by atoms with van der Waals surface area (Å²) in [5.41, 5.74) is 0.666. The van der Waals surface area contributed by atoms with Crippen molar-refractivity contribution in [3.05, 3.63) is 12.1 Å². The van der Waals surface area contributed by atoms with Gasteiger partial charge in [-0.05, 0) is 52.7 Å². The van der Waals surface area contributed by atoms with Crippen LogP contribution in [0, 0.1) is 0 Å². The number of hydrogen-bond donors (Lipinski definition) is 1. The van der Waals surface area contributed by atoms with Gasteiger partial charge in [0.1, 0.15) is 0 Å². The van der Waals surface area contributed by atoms with Crippen LogP contribution in [0.5, 0.6) is 17.2 Å². The zero-order valence-electron chi connectivity index (χ0n) is 19.3. The molecule has 2 aromatic rings. The van der Waals surface area contributed by atoms with Crippen LogP contribution in [0.1, 0.15) is 59.8 Å². The maximum atomic E-state index is 12.6. The summed E-state index contributed by atoms with van der Waals surface area (Å²) < 4.78 is 23.1. The summed E-state index contributed by atoms with van der Waals surface area (Å²) in [6, 6.07) is 3.88. The standard InChI is InChI=1S/C23H33N3O5S/c1-5-28-18-13-16(14-19(29-6-2)20(18)30-7-3)22-25-26-23(31-22)32-15(4)21(27)24-17-11-9-8-10-12-17/h13-15,17H,5-12H2,1-4H3,(H,24,27). The summed E-state index contributed by atoms with van der Waals surface area (Å²) in [5, 5.41) is 11.5. The number of amides is 1. The number of hydrogen-bond acceptors (Lipinski definition) is 8. The Labute approximate surface area is 193 Å². The molecule has 0 radical (unpaired) electrons. The normalized spacial score (nSPS) is 15.2. The maximum Gasteiger partial charge on any atom is 0.277 e. The van der Waals surface area contributed by atoms with E-state index < -0.39 is 0 Å². The van der Waals surface area contributed by atoms with Crippen molar-refractivity contribution in [3.8, 4) is 28.7 Å². The van der Waals surface area contributed by atoms with Crippen molar-refractivity contribution >= 4 is 17.7 Å². The SMILES string of the molecule is CCOc1cc(-c2nnc(SC(C)C(=O)NC3CCCCC3)o2)cc(OCC)c1OCC. The lowest BCUT2D eigenvalue weighted by molar-refractivity contribution is -0.121. The molecule has 3 rings (SSSR count). The lowest BCUT2D eigenvalue weighted by atomic mass is 9.95. The van der Waals surface area contributed by atoms with Gasteiger partial charge in [0, 0.05) is 11.6 Å². The van der Waals surface area contributed by atoms with E-state index >= 15 is 0 Å². The number of ether oxygens (including phenoxy) is 3. The third-order valence-corrected chi connectivity index (χ3v) is 6.10. The Balaban J connectivity index is 1.74. The molecular formula is C23H33N3O5S. The van der Waals surface area contributed by atoms with E-state index in [9.17, 15) is 4.79 Å². The molecule has 0 spiro atoms. The first-order chi connectivity index (χ1) is 15.5. The van der Waals surface area contributed by atoms with E-state index in [2.05, 4.69) is 15.5 Å². The molecule has 8 nitrogen and oxygen atoms in total. The molecular weight excluding hydrogens is 430 g/mol. The Kier molecular flexibility index (Phi) is 9.08. The van der Waals surface area contributed by atoms with Crippen molar-refractivity contribution in [1.82, 2.24) is 15.5 Å². The molecule has 0 aliphatic heterocycles. The van der Waals surface area contributed by atoms with Crippen molar-refractivity contribution in [2.24, 2.45) is 0 Å². The van der Waals surface area contributed by atoms with Gasteiger partial charge in [0.15, 0.2) is 11.5 Å². The first-order valence-electron chi connectivity index (χ1n) is 11.4. The highest BCUT2D eigenvalue weighted by atomic mass is 32.2. The monoisotopic (exact) mass is 463 g/mol. The van der Waals surface area contributed by atoms with E-state index in [1.165, 1.54) is 31.0 Å². The molecule has 9 heteroatoms. The summed E-state index contributed by atoms with van der Waals surface area (Å²) in [6.45, 7) is 9.02. The van der Waals surface area contributed by atoms with Gasteiger partial charge in [0.2, 0.25) is 17.5 Å². The molecule has 1 aromatic carbocycles. The van der Waals surface area contributed by atoms with Crippen LogP contribution in [0.4, 0.5) is 0 Å². The number of aromatic nitrogens is 2. The molecule has 176 valence electrons. The molecule has 1 saturated carbocycles. The average Bonchev–Trinajstić information content (AvgIpc) is 3.25. The Hall–Kier alpha value is -2.42. The van der Waals surface area contributed by atoms with Crippen molar-refractivity contribution in [2.45, 2.75) is 76.3 Å². The Morgan fingerprint density at radius 2 is 1.69 bits per heavy atom. The molecule has 1 heterocycles. The van der Waals surface area contributed by atoms with E-state index in [4.69, 9.17) is 18.6 Å². The quantitative estimate of drug-likeness (QED) is 0.472. The Morgan fingerprint density at radius 3 is 2.28 bits per heavy atom. The first kappa shape index (κ1) is 24.2. The van der Waals surface area contributed by atoms with Crippen LogP contribution in [0.3, 0.4) is 0 Å². The number of benzene rings is 1. The number of carbonyl (C=O) groups is 1. The Bertz CT molecular complexity index is 855. The zero-order valence-corrected chi connectivity index (χ0v) is 20.1. The molecule has 32 heavy (non-hydrogen) atoms. The van der Waals surface area contributed by atoms with Crippen LogP contribution in [0.25, 0.3) is 11.5 Å². The molecule has 1 amide bonds. The molecule has 1 unspecified atom stereocenters. The third-order valence-electron chi connectivity index (χ3n) is 5.16. The van der Waals surface area contributed by atoms with Crippen LogP contribution in [0.2, 0.25) is 0 Å². The zero-order chi connectivity index (χ0) is 22.9. The van der Waals surface area contributed by atoms with Crippen molar-refractivity contribution in [1.29, 1.82) is 0 Å². The highest BCUT2D eigenvalue weighted by Gasteiger charge is 2.23. The molecule has 1 aromatic heterocycles. The van der Waals surface area contributed by atoms with Gasteiger partial charge in [-0.15, -0.1) is 10.2 Å². The second kappa shape index (κ2) is 12.0. The number of nitrogens with one attached hydrogen (secondary N) is 1. The first-order valence-corrected chi connectivity index (χ1v) is 12.3. The predicted molar refractivity (Wildman–Crippen MR) is 124 cm³/mol. The molecule has 0 saturated heterocycles. The largest absolute Gasteiger partial charge is 0.490 e. The van der Waals surface area contributed by atoms with Crippen LogP contribution in [-0.4, -0.2) is 47.2 Å². The highest BCUT2D eigenvalue weighted by molar-refractivity contribution is 8.00. The molecule has 1 atom stereocenters. The third kappa shape index (κ3) is 6.31. The molecule has 1 N–H and O–H groups in total. The van der Waals surface area contributed by atoms with Gasteiger partial charge < -0.3 is 23.9 Å². The summed E-state index contributed by atoms with van der Waals surface area (Å²) in [6.07, 6.45) is 5.71. The van der Waals surface area contributed by atoms with Gasteiger partial charge in [0.25, 0.3) is 5.22 Å².